The molecule has 2 aliphatic rings. The minimum absolute atomic E-state index is 0.0210. The van der Waals surface area contributed by atoms with Gasteiger partial charge in [-0.1, -0.05) is 12.1 Å². The number of hydrogen-bond acceptors (Lipinski definition) is 3. The van der Waals surface area contributed by atoms with Crippen LogP contribution in [0.15, 0.2) is 30.5 Å². The lowest BCUT2D eigenvalue weighted by Gasteiger charge is -2.34. The highest BCUT2D eigenvalue weighted by atomic mass is 19.1. The Morgan fingerprint density at radius 2 is 1.74 bits per heavy atom. The number of nitrogens with one attached hydrogen (secondary N) is 1. The van der Waals surface area contributed by atoms with Crippen LogP contribution in [-0.4, -0.2) is 57.7 Å². The van der Waals surface area contributed by atoms with Gasteiger partial charge in [0.05, 0.1) is 23.1 Å². The quantitative estimate of drug-likeness (QED) is 0.881. The maximum absolute atomic E-state index is 13.7. The number of benzene rings is 1. The lowest BCUT2D eigenvalue weighted by molar-refractivity contribution is 0.0670. The van der Waals surface area contributed by atoms with Crippen LogP contribution in [0.2, 0.25) is 0 Å². The van der Waals surface area contributed by atoms with Crippen molar-refractivity contribution in [1.82, 2.24) is 19.6 Å². The number of urea groups is 1. The summed E-state index contributed by atoms with van der Waals surface area (Å²) >= 11 is 0. The van der Waals surface area contributed by atoms with Crippen molar-refractivity contribution in [3.8, 4) is 0 Å². The van der Waals surface area contributed by atoms with E-state index in [2.05, 4.69) is 10.4 Å². The Labute approximate surface area is 156 Å². The SMILES string of the molecule is O=C(Nc1ccccc1F)N1CCN(C(=O)c2cnn3c2CCCC3)CC1. The van der Waals surface area contributed by atoms with Gasteiger partial charge in [-0.2, -0.15) is 5.10 Å². The number of anilines is 1. The van der Waals surface area contributed by atoms with Crippen LogP contribution in [0.1, 0.15) is 28.9 Å². The van der Waals surface area contributed by atoms with Crippen molar-refractivity contribution in [2.75, 3.05) is 31.5 Å². The summed E-state index contributed by atoms with van der Waals surface area (Å²) in [6.45, 7) is 2.60. The van der Waals surface area contributed by atoms with Gasteiger partial charge in [0.1, 0.15) is 5.82 Å². The third-order valence-electron chi connectivity index (χ3n) is 5.18. The van der Waals surface area contributed by atoms with Crippen molar-refractivity contribution in [1.29, 1.82) is 0 Å². The molecule has 3 amide bonds. The number of nitrogens with zero attached hydrogens (tertiary/aromatic N) is 4. The smallest absolute Gasteiger partial charge is 0.322 e. The number of halogens is 1. The lowest BCUT2D eigenvalue weighted by Crippen LogP contribution is -2.51. The molecule has 0 radical (unpaired) electrons. The molecule has 1 N–H and O–H groups in total. The van der Waals surface area contributed by atoms with Gasteiger partial charge in [-0.25, -0.2) is 9.18 Å². The van der Waals surface area contributed by atoms with Gasteiger partial charge in [0.15, 0.2) is 0 Å². The Hall–Kier alpha value is -2.90. The number of carbonyl (C=O) groups excluding carboxylic acids is 2. The van der Waals surface area contributed by atoms with Crippen LogP contribution in [-0.2, 0) is 13.0 Å². The number of amides is 3. The molecule has 0 atom stereocenters. The van der Waals surface area contributed by atoms with Crippen LogP contribution in [0.3, 0.4) is 0 Å². The zero-order valence-electron chi connectivity index (χ0n) is 15.0. The second kappa shape index (κ2) is 7.38. The summed E-state index contributed by atoms with van der Waals surface area (Å²) < 4.78 is 15.6. The zero-order valence-corrected chi connectivity index (χ0v) is 15.0. The number of aryl methyl sites for hydroxylation is 1. The molecule has 2 aromatic rings. The monoisotopic (exact) mass is 371 g/mol. The first kappa shape index (κ1) is 17.5. The molecule has 0 aliphatic carbocycles. The molecule has 0 saturated carbocycles. The fourth-order valence-corrected chi connectivity index (χ4v) is 3.64. The highest BCUT2D eigenvalue weighted by molar-refractivity contribution is 5.95. The number of fused-ring (bicyclic) bond motifs is 1. The van der Waals surface area contributed by atoms with E-state index in [9.17, 15) is 14.0 Å². The molecule has 0 unspecified atom stereocenters. The van der Waals surface area contributed by atoms with Crippen LogP contribution < -0.4 is 5.32 Å². The standard InChI is InChI=1S/C19H22FN5O2/c20-15-5-1-2-6-16(15)22-19(27)24-11-9-23(10-12-24)18(26)14-13-21-25-8-4-3-7-17(14)25/h1-2,5-6,13H,3-4,7-12H2,(H,22,27). The molecule has 1 aromatic carbocycles. The van der Waals surface area contributed by atoms with Gasteiger partial charge < -0.3 is 15.1 Å². The van der Waals surface area contributed by atoms with Gasteiger partial charge in [0.2, 0.25) is 0 Å². The first-order chi connectivity index (χ1) is 13.1. The first-order valence-electron chi connectivity index (χ1n) is 9.28. The molecule has 27 heavy (non-hydrogen) atoms. The Morgan fingerprint density at radius 3 is 2.52 bits per heavy atom. The average Bonchev–Trinajstić information content (AvgIpc) is 3.13. The minimum atomic E-state index is -0.467. The van der Waals surface area contributed by atoms with Crippen LogP contribution in [0, 0.1) is 5.82 Å². The van der Waals surface area contributed by atoms with Crippen molar-refractivity contribution < 1.29 is 14.0 Å². The van der Waals surface area contributed by atoms with Crippen molar-refractivity contribution >= 4 is 17.6 Å². The zero-order chi connectivity index (χ0) is 18.8. The van der Waals surface area contributed by atoms with Gasteiger partial charge in [-0.15, -0.1) is 0 Å². The summed E-state index contributed by atoms with van der Waals surface area (Å²) in [6, 6.07) is 5.72. The lowest BCUT2D eigenvalue weighted by atomic mass is 10.1. The van der Waals surface area contributed by atoms with Gasteiger partial charge in [-0.05, 0) is 31.4 Å². The van der Waals surface area contributed by atoms with Crippen molar-refractivity contribution in [2.24, 2.45) is 0 Å². The number of carbonyl (C=O) groups is 2. The number of piperazine rings is 1. The van der Waals surface area contributed by atoms with E-state index >= 15 is 0 Å². The summed E-state index contributed by atoms with van der Waals surface area (Å²) in [6.07, 6.45) is 4.72. The number of hydrogen-bond donors (Lipinski definition) is 1. The molecule has 0 bridgehead atoms. The fourth-order valence-electron chi connectivity index (χ4n) is 3.64. The Balaban J connectivity index is 1.36. The number of rotatable bonds is 2. The van der Waals surface area contributed by atoms with Crippen molar-refractivity contribution in [3.05, 3.63) is 47.5 Å². The number of para-hydroxylation sites is 1. The van der Waals surface area contributed by atoms with Crippen LogP contribution in [0.25, 0.3) is 0 Å². The van der Waals surface area contributed by atoms with Gasteiger partial charge in [0, 0.05) is 32.7 Å². The molecule has 8 heteroatoms. The third kappa shape index (κ3) is 3.51. The predicted molar refractivity (Wildman–Crippen MR) is 98.1 cm³/mol. The number of aromatic nitrogens is 2. The fraction of sp³-hybridized carbons (Fsp3) is 0.421. The van der Waals surface area contributed by atoms with E-state index < -0.39 is 5.82 Å². The molecule has 7 nitrogen and oxygen atoms in total. The molecule has 3 heterocycles. The minimum Gasteiger partial charge on any atom is -0.335 e. The Morgan fingerprint density at radius 1 is 1.00 bits per heavy atom. The maximum atomic E-state index is 13.7. The highest BCUT2D eigenvalue weighted by Gasteiger charge is 2.28. The van der Waals surface area contributed by atoms with E-state index in [-0.39, 0.29) is 17.6 Å². The summed E-state index contributed by atoms with van der Waals surface area (Å²) in [5, 5.41) is 6.92. The molecule has 142 valence electrons. The second-order valence-electron chi connectivity index (χ2n) is 6.87. The molecule has 1 fully saturated rings. The van der Waals surface area contributed by atoms with Crippen LogP contribution >= 0.6 is 0 Å². The van der Waals surface area contributed by atoms with E-state index in [1.54, 1.807) is 28.1 Å². The van der Waals surface area contributed by atoms with Gasteiger partial charge in [0.25, 0.3) is 5.91 Å². The van der Waals surface area contributed by atoms with E-state index in [0.717, 1.165) is 31.5 Å². The summed E-state index contributed by atoms with van der Waals surface area (Å²) in [5.74, 6) is -0.488. The molecule has 1 saturated heterocycles. The Kier molecular flexibility index (Phi) is 4.79. The van der Waals surface area contributed by atoms with E-state index in [4.69, 9.17) is 0 Å². The molecule has 4 rings (SSSR count). The molecule has 0 spiro atoms. The largest absolute Gasteiger partial charge is 0.335 e. The van der Waals surface area contributed by atoms with Crippen LogP contribution in [0.5, 0.6) is 0 Å². The molecular formula is C19H22FN5O2. The van der Waals surface area contributed by atoms with Crippen LogP contribution in [0.4, 0.5) is 14.9 Å². The summed E-state index contributed by atoms with van der Waals surface area (Å²) in [5.41, 5.74) is 1.86. The second-order valence-corrected chi connectivity index (χ2v) is 6.87. The summed E-state index contributed by atoms with van der Waals surface area (Å²) in [7, 11) is 0. The van der Waals surface area contributed by atoms with E-state index in [1.165, 1.54) is 12.1 Å². The van der Waals surface area contributed by atoms with Crippen molar-refractivity contribution in [3.63, 3.8) is 0 Å². The Bertz CT molecular complexity index is 858. The topological polar surface area (TPSA) is 70.5 Å². The third-order valence-corrected chi connectivity index (χ3v) is 5.18. The molecule has 1 aromatic heterocycles. The van der Waals surface area contributed by atoms with Gasteiger partial charge in [-0.3, -0.25) is 9.48 Å². The molecule has 2 aliphatic heterocycles. The van der Waals surface area contributed by atoms with E-state index in [1.807, 2.05) is 4.68 Å². The summed E-state index contributed by atoms with van der Waals surface area (Å²) in [4.78, 5) is 28.6. The predicted octanol–water partition coefficient (Wildman–Crippen LogP) is 2.35. The van der Waals surface area contributed by atoms with Crippen molar-refractivity contribution in [2.45, 2.75) is 25.8 Å². The van der Waals surface area contributed by atoms with Gasteiger partial charge >= 0.3 is 6.03 Å². The first-order valence-corrected chi connectivity index (χ1v) is 9.28. The normalized spacial score (nSPS) is 16.8. The maximum Gasteiger partial charge on any atom is 0.322 e. The molecular weight excluding hydrogens is 349 g/mol. The highest BCUT2D eigenvalue weighted by Crippen LogP contribution is 2.20. The average molecular weight is 371 g/mol. The van der Waals surface area contributed by atoms with E-state index in [0.29, 0.717) is 31.7 Å².